The van der Waals surface area contributed by atoms with E-state index in [0.717, 1.165) is 12.3 Å². The van der Waals surface area contributed by atoms with Crippen LogP contribution in [0.2, 0.25) is 0 Å². The standard InChI is InChI=1S/C14H20O2/c1-10(15)16-13(2,3)9-12-8-11-6-5-7-14(11,12)4/h5,7,9,11H,6,8H2,1-4H3/t11-,14-/m0/s1. The fourth-order valence-corrected chi connectivity index (χ4v) is 2.91. The molecule has 0 radical (unpaired) electrons. The number of allylic oxidation sites excluding steroid dienone is 3. The normalized spacial score (nSPS) is 34.8. The van der Waals surface area contributed by atoms with Crippen LogP contribution >= 0.6 is 0 Å². The summed E-state index contributed by atoms with van der Waals surface area (Å²) in [7, 11) is 0. The zero-order valence-electron chi connectivity index (χ0n) is 10.5. The van der Waals surface area contributed by atoms with Gasteiger partial charge in [0.1, 0.15) is 5.60 Å². The number of carbonyl (C=O) groups excluding carboxylic acids is 1. The van der Waals surface area contributed by atoms with Crippen LogP contribution in [0.25, 0.3) is 0 Å². The molecule has 88 valence electrons. The van der Waals surface area contributed by atoms with E-state index < -0.39 is 5.60 Å². The summed E-state index contributed by atoms with van der Waals surface area (Å²) in [6.07, 6.45) is 9.04. The van der Waals surface area contributed by atoms with Crippen LogP contribution in [0.1, 0.15) is 40.5 Å². The third kappa shape index (κ3) is 1.81. The van der Waals surface area contributed by atoms with E-state index >= 15 is 0 Å². The second-order valence-corrected chi connectivity index (χ2v) is 5.69. The molecule has 0 unspecified atom stereocenters. The topological polar surface area (TPSA) is 26.3 Å². The molecular weight excluding hydrogens is 200 g/mol. The number of esters is 1. The van der Waals surface area contributed by atoms with Crippen molar-refractivity contribution in [3.63, 3.8) is 0 Å². The second-order valence-electron chi connectivity index (χ2n) is 5.69. The van der Waals surface area contributed by atoms with Crippen molar-refractivity contribution in [1.29, 1.82) is 0 Å². The van der Waals surface area contributed by atoms with Crippen molar-refractivity contribution in [1.82, 2.24) is 0 Å². The summed E-state index contributed by atoms with van der Waals surface area (Å²) in [5.41, 5.74) is 1.17. The molecule has 0 aromatic carbocycles. The first-order valence-electron chi connectivity index (χ1n) is 5.93. The zero-order chi connectivity index (χ0) is 12.0. The Morgan fingerprint density at radius 2 is 2.31 bits per heavy atom. The predicted octanol–water partition coefficient (Wildman–Crippen LogP) is 3.24. The third-order valence-corrected chi connectivity index (χ3v) is 3.82. The van der Waals surface area contributed by atoms with Gasteiger partial charge in [0, 0.05) is 12.3 Å². The Balaban J connectivity index is 2.14. The third-order valence-electron chi connectivity index (χ3n) is 3.82. The van der Waals surface area contributed by atoms with Crippen LogP contribution in [-0.4, -0.2) is 11.6 Å². The summed E-state index contributed by atoms with van der Waals surface area (Å²) in [5, 5.41) is 0. The maximum absolute atomic E-state index is 11.0. The van der Waals surface area contributed by atoms with Crippen LogP contribution in [0, 0.1) is 11.3 Å². The SMILES string of the molecule is CC(=O)OC(C)(C)C=C1C[C@@H]2CC=C[C@]12C. The molecule has 0 amide bonds. The number of carbonyl (C=O) groups is 1. The van der Waals surface area contributed by atoms with Crippen molar-refractivity contribution in [2.75, 3.05) is 0 Å². The fraction of sp³-hybridized carbons (Fsp3) is 0.643. The van der Waals surface area contributed by atoms with Crippen LogP contribution < -0.4 is 0 Å². The lowest BCUT2D eigenvalue weighted by atomic mass is 9.59. The van der Waals surface area contributed by atoms with Gasteiger partial charge in [-0.1, -0.05) is 24.6 Å². The van der Waals surface area contributed by atoms with Crippen LogP contribution in [-0.2, 0) is 9.53 Å². The van der Waals surface area contributed by atoms with E-state index in [1.807, 2.05) is 13.8 Å². The number of hydrogen-bond acceptors (Lipinski definition) is 2. The van der Waals surface area contributed by atoms with Crippen molar-refractivity contribution in [3.05, 3.63) is 23.8 Å². The zero-order valence-corrected chi connectivity index (χ0v) is 10.5. The van der Waals surface area contributed by atoms with Gasteiger partial charge in [-0.25, -0.2) is 0 Å². The van der Waals surface area contributed by atoms with Crippen molar-refractivity contribution in [2.45, 2.75) is 46.1 Å². The van der Waals surface area contributed by atoms with Crippen LogP contribution in [0.4, 0.5) is 0 Å². The molecule has 0 N–H and O–H groups in total. The Labute approximate surface area is 97.4 Å². The summed E-state index contributed by atoms with van der Waals surface area (Å²) in [6.45, 7) is 7.62. The fourth-order valence-electron chi connectivity index (χ4n) is 2.91. The highest BCUT2D eigenvalue weighted by atomic mass is 16.6. The minimum absolute atomic E-state index is 0.218. The van der Waals surface area contributed by atoms with E-state index in [0.29, 0.717) is 0 Å². The number of fused-ring (bicyclic) bond motifs is 1. The molecule has 1 saturated carbocycles. The summed E-state index contributed by atoms with van der Waals surface area (Å²) < 4.78 is 5.30. The van der Waals surface area contributed by atoms with Gasteiger partial charge in [0.25, 0.3) is 0 Å². The highest BCUT2D eigenvalue weighted by Gasteiger charge is 2.47. The lowest BCUT2D eigenvalue weighted by Crippen LogP contribution is -2.38. The Bertz CT molecular complexity index is 376. The van der Waals surface area contributed by atoms with Gasteiger partial charge in [0.2, 0.25) is 0 Å². The Hall–Kier alpha value is -1.05. The highest BCUT2D eigenvalue weighted by Crippen LogP contribution is 2.57. The van der Waals surface area contributed by atoms with Crippen molar-refractivity contribution >= 4 is 5.97 Å². The molecule has 1 fully saturated rings. The predicted molar refractivity (Wildman–Crippen MR) is 63.9 cm³/mol. The first-order chi connectivity index (χ1) is 7.33. The molecule has 0 aliphatic heterocycles. The highest BCUT2D eigenvalue weighted by molar-refractivity contribution is 5.66. The smallest absolute Gasteiger partial charge is 0.303 e. The van der Waals surface area contributed by atoms with E-state index in [-0.39, 0.29) is 11.4 Å². The minimum atomic E-state index is -0.481. The van der Waals surface area contributed by atoms with Gasteiger partial charge in [-0.3, -0.25) is 4.79 Å². The molecule has 0 saturated heterocycles. The first-order valence-corrected chi connectivity index (χ1v) is 5.93. The molecule has 0 heterocycles. The number of hydrogen-bond donors (Lipinski definition) is 0. The van der Waals surface area contributed by atoms with Gasteiger partial charge in [-0.05, 0) is 38.7 Å². The monoisotopic (exact) mass is 220 g/mol. The molecule has 16 heavy (non-hydrogen) atoms. The number of rotatable bonds is 2. The molecule has 2 rings (SSSR count). The van der Waals surface area contributed by atoms with E-state index in [9.17, 15) is 4.79 Å². The van der Waals surface area contributed by atoms with Gasteiger partial charge >= 0.3 is 5.97 Å². The maximum atomic E-state index is 11.0. The van der Waals surface area contributed by atoms with E-state index in [4.69, 9.17) is 4.74 Å². The quantitative estimate of drug-likeness (QED) is 0.527. The maximum Gasteiger partial charge on any atom is 0.303 e. The largest absolute Gasteiger partial charge is 0.456 e. The van der Waals surface area contributed by atoms with Gasteiger partial charge < -0.3 is 4.74 Å². The Kier molecular flexibility index (Phi) is 2.48. The van der Waals surface area contributed by atoms with Gasteiger partial charge in [-0.2, -0.15) is 0 Å². The van der Waals surface area contributed by atoms with Crippen LogP contribution in [0.5, 0.6) is 0 Å². The molecule has 2 aliphatic carbocycles. The molecule has 2 aliphatic rings. The molecule has 2 heteroatoms. The van der Waals surface area contributed by atoms with Crippen molar-refractivity contribution in [3.8, 4) is 0 Å². The van der Waals surface area contributed by atoms with Gasteiger partial charge in [-0.15, -0.1) is 0 Å². The van der Waals surface area contributed by atoms with Crippen LogP contribution in [0.15, 0.2) is 23.8 Å². The molecule has 2 nitrogen and oxygen atoms in total. The molecule has 0 aromatic heterocycles. The van der Waals surface area contributed by atoms with Crippen molar-refractivity contribution in [2.24, 2.45) is 11.3 Å². The lowest BCUT2D eigenvalue weighted by Gasteiger charge is -2.46. The van der Waals surface area contributed by atoms with E-state index in [2.05, 4.69) is 25.2 Å². The summed E-state index contributed by atoms with van der Waals surface area (Å²) in [6, 6.07) is 0. The Morgan fingerprint density at radius 3 is 2.88 bits per heavy atom. The number of ether oxygens (including phenoxy) is 1. The molecule has 2 atom stereocenters. The average molecular weight is 220 g/mol. The molecule has 0 aromatic rings. The van der Waals surface area contributed by atoms with Crippen molar-refractivity contribution < 1.29 is 9.53 Å². The lowest BCUT2D eigenvalue weighted by molar-refractivity contribution is -0.149. The minimum Gasteiger partial charge on any atom is -0.456 e. The van der Waals surface area contributed by atoms with Crippen LogP contribution in [0.3, 0.4) is 0 Å². The van der Waals surface area contributed by atoms with E-state index in [1.165, 1.54) is 18.9 Å². The summed E-state index contributed by atoms with van der Waals surface area (Å²) in [4.78, 5) is 11.0. The average Bonchev–Trinajstić information content (AvgIpc) is 2.39. The van der Waals surface area contributed by atoms with E-state index in [1.54, 1.807) is 0 Å². The summed E-state index contributed by atoms with van der Waals surface area (Å²) in [5.74, 6) is 0.553. The second kappa shape index (κ2) is 3.47. The molecular formula is C14H20O2. The first kappa shape index (κ1) is 11.4. The van der Waals surface area contributed by atoms with Gasteiger partial charge in [0.05, 0.1) is 0 Å². The molecule has 0 bridgehead atoms. The van der Waals surface area contributed by atoms with Gasteiger partial charge in [0.15, 0.2) is 0 Å². The summed E-state index contributed by atoms with van der Waals surface area (Å²) >= 11 is 0. The Morgan fingerprint density at radius 1 is 1.62 bits per heavy atom. The molecule has 0 spiro atoms.